The number of carbonyl (C=O) groups excluding carboxylic acids is 4. The van der Waals surface area contributed by atoms with Crippen molar-refractivity contribution in [2.75, 3.05) is 24.7 Å². The number of amides is 2. The number of hydrogen-bond donors (Lipinski definition) is 4. The van der Waals surface area contributed by atoms with Gasteiger partial charge in [-0.25, -0.2) is 36.0 Å². The summed E-state index contributed by atoms with van der Waals surface area (Å²) in [4.78, 5) is 47.9. The van der Waals surface area contributed by atoms with Crippen LogP contribution in [0, 0.1) is 0 Å². The van der Waals surface area contributed by atoms with Crippen LogP contribution in [0.2, 0.25) is 0 Å². The van der Waals surface area contributed by atoms with Crippen molar-refractivity contribution in [1.82, 2.24) is 10.6 Å². The van der Waals surface area contributed by atoms with Gasteiger partial charge in [0, 0.05) is 34.9 Å². The average molecular weight is 905 g/mol. The first-order valence-electron chi connectivity index (χ1n) is 18.5. The number of anilines is 2. The standard InChI is InChI=1S/C21H26N2O6S.C15H22N2O4.C6H5ClO2S/c1-21(2,3)29-20(25)22-18(19(24)28-4)14-15-10-12-16(13-11-15)23-30(26,27)17-8-6-5-7-9-17;1-15(2,3)21-14(19)17-12(13(18)20-4)9-10-5-7-11(16)8-6-10;7-10(8,9)6-4-2-1-3-5-6/h5-13,18,23H,14H2,1-4H3,(H,22,25);5-8,12H,9,16H2,1-4H3,(H,17,19);1-5H/t18-;12-;/m11./s1. The lowest BCUT2D eigenvalue weighted by Gasteiger charge is -2.22. The molecule has 0 radical (unpaired) electrons. The fraction of sp³-hybridized carbons (Fsp3) is 0.333. The van der Waals surface area contributed by atoms with Crippen LogP contribution in [0.4, 0.5) is 21.0 Å². The van der Waals surface area contributed by atoms with E-state index in [-0.39, 0.29) is 16.2 Å². The van der Waals surface area contributed by atoms with E-state index in [1.54, 1.807) is 126 Å². The van der Waals surface area contributed by atoms with Crippen molar-refractivity contribution >= 4 is 65.3 Å². The number of esters is 2. The maximum atomic E-state index is 12.4. The van der Waals surface area contributed by atoms with Crippen molar-refractivity contribution in [2.45, 2.75) is 87.5 Å². The van der Waals surface area contributed by atoms with Crippen molar-refractivity contribution in [3.05, 3.63) is 120 Å². The van der Waals surface area contributed by atoms with Gasteiger partial charge in [0.25, 0.3) is 19.1 Å². The largest absolute Gasteiger partial charge is 0.467 e. The molecular formula is C42H53ClN4O12S2. The van der Waals surface area contributed by atoms with Crippen LogP contribution in [0.1, 0.15) is 52.7 Å². The number of hydrogen-bond acceptors (Lipinski definition) is 13. The van der Waals surface area contributed by atoms with E-state index in [9.17, 15) is 36.0 Å². The summed E-state index contributed by atoms with van der Waals surface area (Å²) in [6.07, 6.45) is -0.942. The highest BCUT2D eigenvalue weighted by Gasteiger charge is 2.27. The number of methoxy groups -OCH3 is 2. The number of halogens is 1. The molecule has 0 spiro atoms. The van der Waals surface area contributed by atoms with E-state index in [4.69, 9.17) is 35.4 Å². The van der Waals surface area contributed by atoms with Gasteiger partial charge in [-0.05, 0) is 101 Å². The van der Waals surface area contributed by atoms with Crippen LogP contribution in [0.25, 0.3) is 0 Å². The Morgan fingerprint density at radius 1 is 0.590 bits per heavy atom. The van der Waals surface area contributed by atoms with Crippen molar-refractivity contribution < 1.29 is 55.0 Å². The average Bonchev–Trinajstić information content (AvgIpc) is 3.17. The van der Waals surface area contributed by atoms with Crippen molar-refractivity contribution in [2.24, 2.45) is 0 Å². The molecule has 5 N–H and O–H groups in total. The monoisotopic (exact) mass is 904 g/mol. The molecule has 0 aliphatic carbocycles. The highest BCUT2D eigenvalue weighted by molar-refractivity contribution is 8.13. The molecule has 0 unspecified atom stereocenters. The van der Waals surface area contributed by atoms with Gasteiger partial charge in [0.1, 0.15) is 23.3 Å². The van der Waals surface area contributed by atoms with Gasteiger partial charge in [0.05, 0.1) is 24.0 Å². The highest BCUT2D eigenvalue weighted by Crippen LogP contribution is 2.18. The number of alkyl carbamates (subject to hydrolysis) is 2. The second-order valence-corrected chi connectivity index (χ2v) is 19.2. The molecular weight excluding hydrogens is 852 g/mol. The number of nitrogen functional groups attached to an aromatic ring is 1. The predicted molar refractivity (Wildman–Crippen MR) is 232 cm³/mol. The zero-order valence-corrected chi connectivity index (χ0v) is 37.5. The van der Waals surface area contributed by atoms with Gasteiger partial charge in [-0.1, -0.05) is 60.7 Å². The molecule has 61 heavy (non-hydrogen) atoms. The molecule has 0 bridgehead atoms. The third-order valence-electron chi connectivity index (χ3n) is 7.50. The lowest BCUT2D eigenvalue weighted by atomic mass is 10.1. The summed E-state index contributed by atoms with van der Waals surface area (Å²) in [7, 11) is 0.305. The minimum atomic E-state index is -3.70. The Bertz CT molecular complexity index is 2250. The predicted octanol–water partition coefficient (Wildman–Crippen LogP) is 6.59. The summed E-state index contributed by atoms with van der Waals surface area (Å²) in [5, 5.41) is 5.02. The molecule has 0 fully saturated rings. The van der Waals surface area contributed by atoms with Gasteiger partial charge in [0.2, 0.25) is 0 Å². The second kappa shape index (κ2) is 23.2. The minimum Gasteiger partial charge on any atom is -0.467 e. The Morgan fingerprint density at radius 2 is 0.951 bits per heavy atom. The van der Waals surface area contributed by atoms with E-state index in [0.717, 1.165) is 5.56 Å². The zero-order valence-electron chi connectivity index (χ0n) is 35.1. The second-order valence-electron chi connectivity index (χ2n) is 15.0. The molecule has 0 aliphatic heterocycles. The fourth-order valence-corrected chi connectivity index (χ4v) is 6.67. The van der Waals surface area contributed by atoms with Crippen LogP contribution < -0.4 is 21.1 Å². The van der Waals surface area contributed by atoms with E-state index < -0.39 is 66.5 Å². The topological polar surface area (TPSA) is 236 Å². The molecule has 0 heterocycles. The lowest BCUT2D eigenvalue weighted by molar-refractivity contribution is -0.143. The number of benzene rings is 4. The Morgan fingerprint density at radius 3 is 1.28 bits per heavy atom. The maximum absolute atomic E-state index is 12.4. The molecule has 0 aromatic heterocycles. The molecule has 16 nitrogen and oxygen atoms in total. The molecule has 4 aromatic carbocycles. The summed E-state index contributed by atoms with van der Waals surface area (Å²) >= 11 is 0. The van der Waals surface area contributed by atoms with Crippen LogP contribution >= 0.6 is 10.7 Å². The van der Waals surface area contributed by atoms with E-state index >= 15 is 0 Å². The molecule has 2 amide bonds. The van der Waals surface area contributed by atoms with Crippen LogP contribution in [-0.2, 0) is 60.5 Å². The van der Waals surface area contributed by atoms with Crippen molar-refractivity contribution in [3.8, 4) is 0 Å². The molecule has 0 aliphatic rings. The number of nitrogens with one attached hydrogen (secondary N) is 3. The SMILES string of the molecule is COC(=O)[C@@H](Cc1ccc(N)cc1)NC(=O)OC(C)(C)C.COC(=O)[C@@H](Cc1ccc(NS(=O)(=O)c2ccccc2)cc1)NC(=O)OC(C)(C)C.O=S(=O)(Cl)c1ccccc1. The summed E-state index contributed by atoms with van der Waals surface area (Å²) in [6, 6.07) is 27.7. The van der Waals surface area contributed by atoms with Crippen LogP contribution in [-0.4, -0.2) is 78.5 Å². The minimum absolute atomic E-state index is 0.136. The van der Waals surface area contributed by atoms with Crippen LogP contribution in [0.5, 0.6) is 0 Å². The first kappa shape index (κ1) is 51.3. The quantitative estimate of drug-likeness (QED) is 0.0509. The Hall–Kier alpha value is -5.85. The smallest absolute Gasteiger partial charge is 0.408 e. The summed E-state index contributed by atoms with van der Waals surface area (Å²) in [5.41, 5.74) is 6.83. The number of sulfonamides is 1. The van der Waals surface area contributed by atoms with E-state index in [1.807, 2.05) is 0 Å². The highest BCUT2D eigenvalue weighted by atomic mass is 35.7. The van der Waals surface area contributed by atoms with Gasteiger partial charge in [-0.2, -0.15) is 0 Å². The normalized spacial score (nSPS) is 12.3. The third kappa shape index (κ3) is 20.3. The molecule has 4 aromatic rings. The molecule has 0 saturated carbocycles. The number of carbonyl (C=O) groups is 4. The number of ether oxygens (including phenoxy) is 4. The molecule has 0 saturated heterocycles. The molecule has 4 rings (SSSR count). The van der Waals surface area contributed by atoms with E-state index in [1.165, 1.54) is 38.5 Å². The first-order valence-corrected chi connectivity index (χ1v) is 22.3. The van der Waals surface area contributed by atoms with Crippen LogP contribution in [0.15, 0.2) is 119 Å². The van der Waals surface area contributed by atoms with E-state index in [0.29, 0.717) is 23.4 Å². The Labute approximate surface area is 361 Å². The van der Waals surface area contributed by atoms with Crippen molar-refractivity contribution in [3.63, 3.8) is 0 Å². The third-order valence-corrected chi connectivity index (χ3v) is 10.3. The van der Waals surface area contributed by atoms with E-state index in [2.05, 4.69) is 15.4 Å². The van der Waals surface area contributed by atoms with Gasteiger partial charge < -0.3 is 35.3 Å². The molecule has 2 atom stereocenters. The van der Waals surface area contributed by atoms with Crippen molar-refractivity contribution in [1.29, 1.82) is 0 Å². The summed E-state index contributed by atoms with van der Waals surface area (Å²) < 4.78 is 68.3. The Kier molecular flexibility index (Phi) is 19.5. The van der Waals surface area contributed by atoms with Gasteiger partial charge >= 0.3 is 24.1 Å². The van der Waals surface area contributed by atoms with Gasteiger partial charge in [-0.3, -0.25) is 4.72 Å². The number of rotatable bonds is 12. The summed E-state index contributed by atoms with van der Waals surface area (Å²) in [6.45, 7) is 10.4. The number of nitrogens with two attached hydrogens (primary N) is 1. The molecule has 332 valence electrons. The Balaban J connectivity index is 0.000000356. The first-order chi connectivity index (χ1) is 28.3. The lowest BCUT2D eigenvalue weighted by Crippen LogP contribution is -2.45. The zero-order chi connectivity index (χ0) is 46.0. The summed E-state index contributed by atoms with van der Waals surface area (Å²) in [5.74, 6) is -1.15. The maximum Gasteiger partial charge on any atom is 0.408 e. The molecule has 19 heteroatoms. The van der Waals surface area contributed by atoms with Crippen LogP contribution in [0.3, 0.4) is 0 Å². The van der Waals surface area contributed by atoms with Gasteiger partial charge in [0.15, 0.2) is 0 Å². The van der Waals surface area contributed by atoms with Gasteiger partial charge in [-0.15, -0.1) is 0 Å². The fourth-order valence-electron chi connectivity index (χ4n) is 4.80.